The molecule has 0 bridgehead atoms. The van der Waals surface area contributed by atoms with E-state index in [1.54, 1.807) is 0 Å². The molecule has 0 aromatic rings. The van der Waals surface area contributed by atoms with Crippen molar-refractivity contribution < 1.29 is 89.3 Å². The van der Waals surface area contributed by atoms with Gasteiger partial charge in [0.15, 0.2) is 24.7 Å². The maximum Gasteiger partial charge on any atom is 0.187 e. The van der Waals surface area contributed by atoms with Gasteiger partial charge in [0.05, 0.1) is 38.1 Å². The summed E-state index contributed by atoms with van der Waals surface area (Å²) in [4.78, 5) is 0. The summed E-state index contributed by atoms with van der Waals surface area (Å²) in [5, 5.41) is 116. The summed E-state index contributed by atoms with van der Waals surface area (Å²) in [5.74, 6) is 0.753. The first-order valence-corrected chi connectivity index (χ1v) is 23.7. The predicted molar refractivity (Wildman–Crippen MR) is 218 cm³/mol. The van der Waals surface area contributed by atoms with Crippen molar-refractivity contribution in [3.8, 4) is 0 Å². The minimum absolute atomic E-state index is 0.0255. The Morgan fingerprint density at radius 2 is 1.29 bits per heavy atom. The molecule has 0 spiro atoms. The maximum absolute atomic E-state index is 12.0. The summed E-state index contributed by atoms with van der Waals surface area (Å²) in [7, 11) is 0. The zero-order valence-corrected chi connectivity index (χ0v) is 37.3. The van der Waals surface area contributed by atoms with E-state index in [4.69, 9.17) is 33.2 Å². The van der Waals surface area contributed by atoms with Crippen LogP contribution in [0, 0.1) is 52.3 Å². The van der Waals surface area contributed by atoms with E-state index in [2.05, 4.69) is 20.8 Å². The van der Waals surface area contributed by atoms with Crippen molar-refractivity contribution in [3.63, 3.8) is 0 Å². The third-order valence-electron chi connectivity index (χ3n) is 17.9. The molecule has 27 atom stereocenters. The molecule has 18 heteroatoms. The fourth-order valence-corrected chi connectivity index (χ4v) is 14.1. The first-order valence-electron chi connectivity index (χ1n) is 23.7. The van der Waals surface area contributed by atoms with Crippen molar-refractivity contribution in [2.75, 3.05) is 19.8 Å². The summed E-state index contributed by atoms with van der Waals surface area (Å²) in [6.45, 7) is 9.55. The molecule has 4 aliphatic heterocycles. The number of fused-ring (bicyclic) bond motifs is 7. The van der Waals surface area contributed by atoms with Gasteiger partial charge in [-0.1, -0.05) is 27.7 Å². The minimum Gasteiger partial charge on any atom is -0.394 e. The molecule has 4 aliphatic carbocycles. The van der Waals surface area contributed by atoms with Crippen molar-refractivity contribution in [3.05, 3.63) is 0 Å². The van der Waals surface area contributed by atoms with Gasteiger partial charge in [-0.2, -0.15) is 0 Å². The highest BCUT2D eigenvalue weighted by Gasteiger charge is 2.68. The Labute approximate surface area is 369 Å². The molecule has 4 saturated heterocycles. The van der Waals surface area contributed by atoms with Crippen molar-refractivity contribution in [2.45, 2.75) is 209 Å². The van der Waals surface area contributed by atoms with E-state index in [0.29, 0.717) is 36.5 Å². The lowest BCUT2D eigenvalue weighted by atomic mass is 9.44. The lowest BCUT2D eigenvalue weighted by Gasteiger charge is -2.61. The van der Waals surface area contributed by atoms with Gasteiger partial charge in [-0.25, -0.2) is 0 Å². The molecule has 11 N–H and O–H groups in total. The van der Waals surface area contributed by atoms with Crippen LogP contribution >= 0.6 is 0 Å². The van der Waals surface area contributed by atoms with Crippen LogP contribution in [0.4, 0.5) is 0 Å². The molecule has 18 nitrogen and oxygen atoms in total. The number of ether oxygens (including phenoxy) is 7. The maximum atomic E-state index is 12.0. The van der Waals surface area contributed by atoms with E-state index in [1.165, 1.54) is 6.92 Å². The Bertz CT molecular complexity index is 1540. The minimum atomic E-state index is -1.64. The second kappa shape index (κ2) is 18.6. The Morgan fingerprint density at radius 1 is 0.651 bits per heavy atom. The normalized spacial score (nSPS) is 56.3. The third-order valence-corrected chi connectivity index (χ3v) is 17.9. The van der Waals surface area contributed by atoms with Crippen LogP contribution in [0.2, 0.25) is 0 Å². The molecular formula is C45H76O18. The van der Waals surface area contributed by atoms with Crippen LogP contribution in [0.1, 0.15) is 98.8 Å². The van der Waals surface area contributed by atoms with Crippen LogP contribution in [-0.4, -0.2) is 186 Å². The van der Waals surface area contributed by atoms with E-state index in [-0.39, 0.29) is 47.4 Å². The van der Waals surface area contributed by atoms with Gasteiger partial charge in [0.25, 0.3) is 0 Å². The van der Waals surface area contributed by atoms with Crippen molar-refractivity contribution in [1.82, 2.24) is 0 Å². The smallest absolute Gasteiger partial charge is 0.187 e. The van der Waals surface area contributed by atoms with E-state index < -0.39 is 111 Å². The second-order valence-electron chi connectivity index (χ2n) is 21.4. The van der Waals surface area contributed by atoms with Crippen molar-refractivity contribution >= 4 is 0 Å². The van der Waals surface area contributed by atoms with Gasteiger partial charge < -0.3 is 89.3 Å². The quantitative estimate of drug-likeness (QED) is 0.107. The monoisotopic (exact) mass is 905 g/mol. The third kappa shape index (κ3) is 8.60. The fourth-order valence-electron chi connectivity index (χ4n) is 14.1. The van der Waals surface area contributed by atoms with E-state index in [0.717, 1.165) is 51.4 Å². The summed E-state index contributed by atoms with van der Waals surface area (Å²) in [6, 6.07) is 0. The van der Waals surface area contributed by atoms with Gasteiger partial charge in [0.1, 0.15) is 67.1 Å². The van der Waals surface area contributed by atoms with Gasteiger partial charge in [0, 0.05) is 12.3 Å². The van der Waals surface area contributed by atoms with Crippen molar-refractivity contribution in [2.24, 2.45) is 52.3 Å². The first-order chi connectivity index (χ1) is 29.8. The topological polar surface area (TPSA) is 287 Å². The lowest BCUT2D eigenvalue weighted by Crippen LogP contribution is -2.64. The van der Waals surface area contributed by atoms with Crippen LogP contribution in [0.5, 0.6) is 0 Å². The molecule has 8 rings (SSSR count). The molecule has 0 unspecified atom stereocenters. The van der Waals surface area contributed by atoms with Crippen LogP contribution in [0.3, 0.4) is 0 Å². The fraction of sp³-hybridized carbons (Fsp3) is 1.00. The first kappa shape index (κ1) is 48.7. The standard InChI is InChI=1S/C45H76O18/c1-19(18-57-40-36(53)34(51)32(49)28(16-46)60-40)8-13-45(56)20(2)30-27(63-45)15-26-24-7-6-22-14-23(9-11-43(22,4)25(24)10-12-44(26,30)5)59-42-38(55)35(52)39(29(17-47)61-42)62-41-37(54)33(50)31(48)21(3)58-41/h19-42,46-56H,6-18H2,1-5H3/t19-,20-,21-,22+,23-,24+,25-,26-,27-,28+,29+,30-,31-,32+,33+,34-,35+,36+,37+,38+,39+,40+,41-,42+,43-,44-,45+/m0/s1. The molecule has 4 heterocycles. The summed E-state index contributed by atoms with van der Waals surface area (Å²) < 4.78 is 41.7. The molecule has 0 aromatic carbocycles. The Kier molecular flexibility index (Phi) is 14.4. The van der Waals surface area contributed by atoms with Gasteiger partial charge in [0.2, 0.25) is 0 Å². The summed E-state index contributed by atoms with van der Waals surface area (Å²) in [6.07, 6.45) is -11.9. The van der Waals surface area contributed by atoms with Crippen LogP contribution < -0.4 is 0 Å². The Hall–Kier alpha value is -0.720. The lowest BCUT2D eigenvalue weighted by molar-refractivity contribution is -0.361. The van der Waals surface area contributed by atoms with E-state index in [9.17, 15) is 56.2 Å². The average molecular weight is 905 g/mol. The van der Waals surface area contributed by atoms with Gasteiger partial charge in [-0.05, 0) is 111 Å². The van der Waals surface area contributed by atoms with Crippen LogP contribution in [-0.2, 0) is 33.2 Å². The molecule has 8 fully saturated rings. The molecule has 0 radical (unpaired) electrons. The SMILES string of the molecule is C[C@@H](CC[C@@]1(O)O[C@H]2C[C@H]3[C@@H]4CC[C@@H]5C[C@@H](O[C@@H]6O[C@H](CO)[C@@H](O[C@@H]7O[C@@H](C)[C@H](O)[C@@H](O)[C@H]7O)[C@H](O)[C@H]6O)CC[C@]5(C)[C@H]4CC[C@]3(C)[C@H]2[C@@H]1C)CO[C@@H]1O[C@H](CO)[C@@H](O)[C@H](O)[C@H]1O. The Morgan fingerprint density at radius 3 is 2.00 bits per heavy atom. The average Bonchev–Trinajstić information content (AvgIpc) is 3.70. The van der Waals surface area contributed by atoms with E-state index >= 15 is 0 Å². The zero-order chi connectivity index (χ0) is 45.5. The second-order valence-corrected chi connectivity index (χ2v) is 21.4. The highest BCUT2D eigenvalue weighted by Crippen LogP contribution is 2.71. The number of hydrogen-bond donors (Lipinski definition) is 11. The molecule has 63 heavy (non-hydrogen) atoms. The highest BCUT2D eigenvalue weighted by atomic mass is 16.7. The Balaban J connectivity index is 0.836. The molecule has 0 aromatic heterocycles. The van der Waals surface area contributed by atoms with Crippen molar-refractivity contribution in [1.29, 1.82) is 0 Å². The predicted octanol–water partition coefficient (Wildman–Crippen LogP) is -0.752. The molecule has 8 aliphatic rings. The largest absolute Gasteiger partial charge is 0.394 e. The van der Waals surface area contributed by atoms with Gasteiger partial charge >= 0.3 is 0 Å². The number of rotatable bonds is 12. The summed E-state index contributed by atoms with van der Waals surface area (Å²) >= 11 is 0. The van der Waals surface area contributed by atoms with Crippen LogP contribution in [0.25, 0.3) is 0 Å². The van der Waals surface area contributed by atoms with E-state index in [1.807, 2.05) is 6.92 Å². The molecule has 4 saturated carbocycles. The highest BCUT2D eigenvalue weighted by molar-refractivity contribution is 5.15. The summed E-state index contributed by atoms with van der Waals surface area (Å²) in [5.41, 5.74) is 0.120. The van der Waals surface area contributed by atoms with Gasteiger partial charge in [-0.3, -0.25) is 0 Å². The molecule has 364 valence electrons. The number of hydrogen-bond acceptors (Lipinski definition) is 18. The molecule has 0 amide bonds. The number of aliphatic hydroxyl groups is 11. The van der Waals surface area contributed by atoms with Crippen LogP contribution in [0.15, 0.2) is 0 Å². The zero-order valence-electron chi connectivity index (χ0n) is 37.3. The number of aliphatic hydroxyl groups excluding tert-OH is 10. The molecular weight excluding hydrogens is 828 g/mol. The van der Waals surface area contributed by atoms with Gasteiger partial charge in [-0.15, -0.1) is 0 Å².